The molecule has 1 aliphatic heterocycles. The largest absolute Gasteiger partial charge is 0.377 e. The van der Waals surface area contributed by atoms with Crippen LogP contribution in [0.25, 0.3) is 0 Å². The molecule has 0 aliphatic carbocycles. The number of hydrogen-bond acceptors (Lipinski definition) is 3. The second kappa shape index (κ2) is 6.61. The minimum Gasteiger partial charge on any atom is -0.377 e. The van der Waals surface area contributed by atoms with Gasteiger partial charge in [0.1, 0.15) is 0 Å². The van der Waals surface area contributed by atoms with Crippen LogP contribution in [0.5, 0.6) is 0 Å². The van der Waals surface area contributed by atoms with Gasteiger partial charge in [-0.2, -0.15) is 0 Å². The van der Waals surface area contributed by atoms with E-state index in [1.165, 1.54) is 19.3 Å². The monoisotopic (exact) mass is 220 g/mol. The van der Waals surface area contributed by atoms with Gasteiger partial charge in [0.2, 0.25) is 0 Å². The summed E-state index contributed by atoms with van der Waals surface area (Å²) in [6.45, 7) is 2.90. The van der Waals surface area contributed by atoms with Crippen LogP contribution in [0.2, 0.25) is 0 Å². The fourth-order valence-corrected chi connectivity index (χ4v) is 1.99. The number of hydrogen-bond donors (Lipinski definition) is 1. The molecule has 88 valence electrons. The lowest BCUT2D eigenvalue weighted by Gasteiger charge is -2.22. The number of pyridine rings is 1. The van der Waals surface area contributed by atoms with Crippen LogP contribution >= 0.6 is 0 Å². The Morgan fingerprint density at radius 2 is 2.38 bits per heavy atom. The molecule has 0 aromatic carbocycles. The Hall–Kier alpha value is -0.930. The van der Waals surface area contributed by atoms with E-state index in [2.05, 4.69) is 16.4 Å². The zero-order chi connectivity index (χ0) is 11.1. The minimum absolute atomic E-state index is 0.428. The van der Waals surface area contributed by atoms with Gasteiger partial charge in [0, 0.05) is 38.0 Å². The molecular formula is C13H20N2O. The van der Waals surface area contributed by atoms with E-state index in [4.69, 9.17) is 4.74 Å². The molecule has 1 N–H and O–H groups in total. The second-order valence-electron chi connectivity index (χ2n) is 4.26. The Morgan fingerprint density at radius 1 is 1.38 bits per heavy atom. The molecule has 0 bridgehead atoms. The van der Waals surface area contributed by atoms with Crippen molar-refractivity contribution in [2.45, 2.75) is 31.8 Å². The SMILES string of the molecule is c1ccc(CCNCC2CCCCO2)nc1. The van der Waals surface area contributed by atoms with Crippen LogP contribution in [0.15, 0.2) is 24.4 Å². The van der Waals surface area contributed by atoms with Crippen LogP contribution < -0.4 is 5.32 Å². The van der Waals surface area contributed by atoms with E-state index >= 15 is 0 Å². The highest BCUT2D eigenvalue weighted by Crippen LogP contribution is 2.11. The maximum absolute atomic E-state index is 5.65. The maximum Gasteiger partial charge on any atom is 0.0699 e. The van der Waals surface area contributed by atoms with Gasteiger partial charge in [-0.3, -0.25) is 4.98 Å². The first-order chi connectivity index (χ1) is 7.95. The fraction of sp³-hybridized carbons (Fsp3) is 0.615. The molecule has 3 nitrogen and oxygen atoms in total. The first kappa shape index (κ1) is 11.6. The van der Waals surface area contributed by atoms with Gasteiger partial charge in [0.05, 0.1) is 6.10 Å². The number of nitrogens with zero attached hydrogens (tertiary/aromatic N) is 1. The second-order valence-corrected chi connectivity index (χ2v) is 4.26. The Bertz CT molecular complexity index is 283. The number of nitrogens with one attached hydrogen (secondary N) is 1. The van der Waals surface area contributed by atoms with Gasteiger partial charge in [-0.15, -0.1) is 0 Å². The molecule has 1 saturated heterocycles. The van der Waals surface area contributed by atoms with Gasteiger partial charge in [-0.05, 0) is 31.4 Å². The normalized spacial score (nSPS) is 20.9. The van der Waals surface area contributed by atoms with Gasteiger partial charge in [0.25, 0.3) is 0 Å². The van der Waals surface area contributed by atoms with Crippen LogP contribution in [0.1, 0.15) is 25.0 Å². The molecule has 0 amide bonds. The molecule has 0 radical (unpaired) electrons. The highest BCUT2D eigenvalue weighted by molar-refractivity contribution is 5.03. The lowest BCUT2D eigenvalue weighted by atomic mass is 10.1. The van der Waals surface area contributed by atoms with Crippen molar-refractivity contribution >= 4 is 0 Å². The Morgan fingerprint density at radius 3 is 3.12 bits per heavy atom. The molecular weight excluding hydrogens is 200 g/mol. The zero-order valence-electron chi connectivity index (χ0n) is 9.69. The van der Waals surface area contributed by atoms with Crippen molar-refractivity contribution in [1.29, 1.82) is 0 Å². The van der Waals surface area contributed by atoms with E-state index in [0.717, 1.165) is 31.8 Å². The summed E-state index contributed by atoms with van der Waals surface area (Å²) in [5.74, 6) is 0. The molecule has 1 aromatic rings. The van der Waals surface area contributed by atoms with Gasteiger partial charge >= 0.3 is 0 Å². The van der Waals surface area contributed by atoms with Crippen LogP contribution in [0.3, 0.4) is 0 Å². The molecule has 1 aromatic heterocycles. The van der Waals surface area contributed by atoms with E-state index in [0.29, 0.717) is 6.10 Å². The summed E-state index contributed by atoms with van der Waals surface area (Å²) in [5.41, 5.74) is 1.15. The third-order valence-electron chi connectivity index (χ3n) is 2.93. The summed E-state index contributed by atoms with van der Waals surface area (Å²) < 4.78 is 5.65. The third kappa shape index (κ3) is 3.91. The first-order valence-electron chi connectivity index (χ1n) is 6.17. The average Bonchev–Trinajstić information content (AvgIpc) is 2.37. The summed E-state index contributed by atoms with van der Waals surface area (Å²) in [6, 6.07) is 6.05. The lowest BCUT2D eigenvalue weighted by Crippen LogP contribution is -2.32. The molecule has 1 unspecified atom stereocenters. The third-order valence-corrected chi connectivity index (χ3v) is 2.93. The molecule has 0 spiro atoms. The van der Waals surface area contributed by atoms with Gasteiger partial charge < -0.3 is 10.1 Å². The smallest absolute Gasteiger partial charge is 0.0699 e. The molecule has 1 aliphatic rings. The quantitative estimate of drug-likeness (QED) is 0.768. The summed E-state index contributed by atoms with van der Waals surface area (Å²) in [4.78, 5) is 4.29. The number of aromatic nitrogens is 1. The fourth-order valence-electron chi connectivity index (χ4n) is 1.99. The predicted octanol–water partition coefficient (Wildman–Crippen LogP) is 1.78. The van der Waals surface area contributed by atoms with Gasteiger partial charge in [-0.25, -0.2) is 0 Å². The molecule has 3 heteroatoms. The lowest BCUT2D eigenvalue weighted by molar-refractivity contribution is 0.0171. The molecule has 1 atom stereocenters. The van der Waals surface area contributed by atoms with Crippen molar-refractivity contribution in [2.24, 2.45) is 0 Å². The Kier molecular flexibility index (Phi) is 4.77. The van der Waals surface area contributed by atoms with E-state index in [9.17, 15) is 0 Å². The van der Waals surface area contributed by atoms with Crippen LogP contribution in [-0.4, -0.2) is 30.8 Å². The molecule has 0 saturated carbocycles. The predicted molar refractivity (Wildman–Crippen MR) is 64.4 cm³/mol. The molecule has 2 heterocycles. The van der Waals surface area contributed by atoms with Crippen molar-refractivity contribution in [3.05, 3.63) is 30.1 Å². The van der Waals surface area contributed by atoms with Crippen molar-refractivity contribution in [2.75, 3.05) is 19.7 Å². The van der Waals surface area contributed by atoms with Crippen molar-refractivity contribution in [3.63, 3.8) is 0 Å². The van der Waals surface area contributed by atoms with Crippen LogP contribution in [-0.2, 0) is 11.2 Å². The maximum atomic E-state index is 5.65. The standard InChI is InChI=1S/C13H20N2O/c1-3-8-15-12(5-1)7-9-14-11-13-6-2-4-10-16-13/h1,3,5,8,13-14H,2,4,6-7,9-11H2. The number of rotatable bonds is 5. The Labute approximate surface area is 97.2 Å². The summed E-state index contributed by atoms with van der Waals surface area (Å²) in [6.07, 6.45) is 7.01. The summed E-state index contributed by atoms with van der Waals surface area (Å²) >= 11 is 0. The molecule has 2 rings (SSSR count). The van der Waals surface area contributed by atoms with E-state index < -0.39 is 0 Å². The van der Waals surface area contributed by atoms with E-state index in [-0.39, 0.29) is 0 Å². The van der Waals surface area contributed by atoms with Crippen LogP contribution in [0.4, 0.5) is 0 Å². The highest BCUT2D eigenvalue weighted by Gasteiger charge is 2.12. The van der Waals surface area contributed by atoms with Crippen molar-refractivity contribution in [1.82, 2.24) is 10.3 Å². The van der Waals surface area contributed by atoms with Gasteiger partial charge in [-0.1, -0.05) is 6.07 Å². The topological polar surface area (TPSA) is 34.1 Å². The average molecular weight is 220 g/mol. The minimum atomic E-state index is 0.428. The molecule has 1 fully saturated rings. The summed E-state index contributed by atoms with van der Waals surface area (Å²) in [7, 11) is 0. The van der Waals surface area contributed by atoms with Gasteiger partial charge in [0.15, 0.2) is 0 Å². The van der Waals surface area contributed by atoms with Crippen molar-refractivity contribution < 1.29 is 4.74 Å². The van der Waals surface area contributed by atoms with Crippen LogP contribution in [0, 0.1) is 0 Å². The molecule has 16 heavy (non-hydrogen) atoms. The zero-order valence-corrected chi connectivity index (χ0v) is 9.69. The van der Waals surface area contributed by atoms with E-state index in [1.54, 1.807) is 0 Å². The summed E-state index contributed by atoms with van der Waals surface area (Å²) in [5, 5.41) is 3.44. The van der Waals surface area contributed by atoms with Crippen molar-refractivity contribution in [3.8, 4) is 0 Å². The Balaban J connectivity index is 1.58. The van der Waals surface area contributed by atoms with E-state index in [1.807, 2.05) is 18.3 Å². The number of ether oxygens (including phenoxy) is 1. The first-order valence-corrected chi connectivity index (χ1v) is 6.17. The highest BCUT2D eigenvalue weighted by atomic mass is 16.5.